The third-order valence-corrected chi connectivity index (χ3v) is 5.56. The van der Waals surface area contributed by atoms with Gasteiger partial charge in [-0.25, -0.2) is 17.6 Å². The van der Waals surface area contributed by atoms with Gasteiger partial charge in [0.15, 0.2) is 22.8 Å². The summed E-state index contributed by atoms with van der Waals surface area (Å²) in [5.74, 6) is 0.671. The van der Waals surface area contributed by atoms with Crippen LogP contribution in [0.15, 0.2) is 17.5 Å². The molecular weight excluding hydrogens is 294 g/mol. The Balaban J connectivity index is 2.08. The molecule has 1 aromatic rings. The first-order valence-electron chi connectivity index (χ1n) is 6.96. The molecule has 1 aliphatic carbocycles. The molecule has 0 radical (unpaired) electrons. The lowest BCUT2D eigenvalue weighted by atomic mass is 9.97. The normalized spacial score (nSPS) is 23.7. The van der Waals surface area contributed by atoms with Gasteiger partial charge in [0.2, 0.25) is 0 Å². The summed E-state index contributed by atoms with van der Waals surface area (Å²) >= 11 is 0. The van der Waals surface area contributed by atoms with Crippen molar-refractivity contribution in [2.75, 3.05) is 6.26 Å². The highest BCUT2D eigenvalue weighted by Gasteiger charge is 2.34. The van der Waals surface area contributed by atoms with Crippen molar-refractivity contribution in [3.05, 3.63) is 18.2 Å². The smallest absolute Gasteiger partial charge is 0.305 e. The number of sulfone groups is 1. The van der Waals surface area contributed by atoms with Gasteiger partial charge in [-0.05, 0) is 12.8 Å². The maximum atomic E-state index is 11.8. The summed E-state index contributed by atoms with van der Waals surface area (Å²) in [5.41, 5.74) is 0. The molecule has 1 heterocycles. The number of aryl methyl sites for hydroxylation is 1. The van der Waals surface area contributed by atoms with Gasteiger partial charge in [-0.2, -0.15) is 0 Å². The summed E-state index contributed by atoms with van der Waals surface area (Å²) in [6.07, 6.45) is 9.27. The molecule has 2 atom stereocenters. The summed E-state index contributed by atoms with van der Waals surface area (Å²) in [4.78, 5) is 0. The van der Waals surface area contributed by atoms with Gasteiger partial charge in [-0.3, -0.25) is 0 Å². The fraction of sp³-hybridized carbons (Fsp3) is 0.692. The van der Waals surface area contributed by atoms with E-state index in [-0.39, 0.29) is 12.8 Å². The van der Waals surface area contributed by atoms with Crippen molar-refractivity contribution in [1.29, 1.82) is 0 Å². The Morgan fingerprint density at radius 1 is 1.52 bits per heavy atom. The molecule has 0 spiro atoms. The van der Waals surface area contributed by atoms with Crippen molar-refractivity contribution in [1.82, 2.24) is 4.57 Å². The van der Waals surface area contributed by atoms with E-state index in [0.29, 0.717) is 12.2 Å². The quantitative estimate of drug-likeness (QED) is 0.370. The number of hydrogen-bond acceptors (Lipinski definition) is 5. The Morgan fingerprint density at radius 2 is 2.24 bits per heavy atom. The van der Waals surface area contributed by atoms with Crippen LogP contribution in [-0.2, 0) is 28.4 Å². The van der Waals surface area contributed by atoms with Crippen LogP contribution in [0.3, 0.4) is 0 Å². The zero-order chi connectivity index (χ0) is 15.5. The van der Waals surface area contributed by atoms with Crippen molar-refractivity contribution in [2.45, 2.75) is 43.8 Å². The molecule has 1 saturated carbocycles. The molecule has 7 nitrogen and oxygen atoms in total. The number of ether oxygens (including phenoxy) is 1. The highest BCUT2D eigenvalue weighted by atomic mass is 32.2. The van der Waals surface area contributed by atoms with Gasteiger partial charge in [0.1, 0.15) is 12.4 Å². The van der Waals surface area contributed by atoms with Crippen LogP contribution in [0.1, 0.15) is 31.5 Å². The van der Waals surface area contributed by atoms with E-state index in [4.69, 9.17) is 9.94 Å². The molecule has 1 unspecified atom stereocenters. The first kappa shape index (κ1) is 16.0. The third kappa shape index (κ3) is 3.82. The summed E-state index contributed by atoms with van der Waals surface area (Å²) in [6.45, 7) is 0.235. The van der Waals surface area contributed by atoms with Crippen LogP contribution in [0.4, 0.5) is 0 Å². The molecule has 0 amide bonds. The van der Waals surface area contributed by atoms with E-state index >= 15 is 0 Å². The van der Waals surface area contributed by atoms with Crippen LogP contribution in [0.25, 0.3) is 0 Å². The number of hydrogen-bond donors (Lipinski definition) is 1. The zero-order valence-corrected chi connectivity index (χ0v) is 13.2. The van der Waals surface area contributed by atoms with Crippen molar-refractivity contribution in [3.63, 3.8) is 0 Å². The zero-order valence-electron chi connectivity index (χ0n) is 12.3. The van der Waals surface area contributed by atoms with Crippen molar-refractivity contribution < 1.29 is 22.9 Å². The molecule has 1 N–H and O–H groups in total. The molecule has 1 aromatic heterocycles. The molecule has 1 fully saturated rings. The van der Waals surface area contributed by atoms with Gasteiger partial charge in [0.05, 0.1) is 18.4 Å². The Labute approximate surface area is 124 Å². The Morgan fingerprint density at radius 3 is 2.90 bits per heavy atom. The van der Waals surface area contributed by atoms with E-state index in [1.165, 1.54) is 12.5 Å². The number of aromatic nitrogens is 2. The predicted molar refractivity (Wildman–Crippen MR) is 77.0 cm³/mol. The van der Waals surface area contributed by atoms with Gasteiger partial charge in [0, 0.05) is 6.26 Å². The summed E-state index contributed by atoms with van der Waals surface area (Å²) < 4.78 is 33.1. The molecule has 0 aromatic carbocycles. The highest BCUT2D eigenvalue weighted by Crippen LogP contribution is 2.26. The van der Waals surface area contributed by atoms with Gasteiger partial charge in [0.25, 0.3) is 0 Å². The first-order chi connectivity index (χ1) is 9.93. The fourth-order valence-electron chi connectivity index (χ4n) is 2.78. The number of nitrogens with zero attached hydrogens (tertiary/aromatic N) is 3. The van der Waals surface area contributed by atoms with Crippen molar-refractivity contribution in [2.24, 2.45) is 12.2 Å². The topological polar surface area (TPSA) is 84.8 Å². The summed E-state index contributed by atoms with van der Waals surface area (Å²) in [7, 11) is -1.27. The predicted octanol–water partition coefficient (Wildman–Crippen LogP) is 0.451. The molecule has 0 aliphatic heterocycles. The molecular formula is C13H22N3O4S+. The van der Waals surface area contributed by atoms with Gasteiger partial charge in [-0.15, -0.1) is 0 Å². The summed E-state index contributed by atoms with van der Waals surface area (Å²) in [6, 6.07) is 0. The van der Waals surface area contributed by atoms with Gasteiger partial charge < -0.3 is 9.94 Å². The molecule has 1 aliphatic rings. The number of imidazole rings is 1. The lowest BCUT2D eigenvalue weighted by molar-refractivity contribution is -0.672. The Kier molecular flexibility index (Phi) is 5.00. The second-order valence-electron chi connectivity index (χ2n) is 5.47. The largest absolute Gasteiger partial charge is 0.411 e. The van der Waals surface area contributed by atoms with E-state index < -0.39 is 15.1 Å². The average Bonchev–Trinajstić information content (AvgIpc) is 2.78. The fourth-order valence-corrected chi connectivity index (χ4v) is 4.14. The van der Waals surface area contributed by atoms with Crippen molar-refractivity contribution >= 4 is 16.1 Å². The second kappa shape index (κ2) is 6.57. The minimum absolute atomic E-state index is 0.235. The van der Waals surface area contributed by atoms with E-state index in [9.17, 15) is 8.42 Å². The molecule has 118 valence electrons. The maximum absolute atomic E-state index is 11.8. The number of rotatable bonds is 5. The van der Waals surface area contributed by atoms with Crippen LogP contribution < -0.4 is 4.57 Å². The average molecular weight is 316 g/mol. The molecule has 21 heavy (non-hydrogen) atoms. The lowest BCUT2D eigenvalue weighted by Gasteiger charge is -2.29. The SMILES string of the molecule is C[n+]1ccn(COC2CCCC[C@H]2S(C)(=O)=O)c1/C=N/O. The van der Waals surface area contributed by atoms with E-state index in [1.54, 1.807) is 15.3 Å². The minimum Gasteiger partial charge on any atom is -0.411 e. The van der Waals surface area contributed by atoms with E-state index in [0.717, 1.165) is 19.3 Å². The Bertz CT molecular complexity index is 609. The van der Waals surface area contributed by atoms with Crippen LogP contribution in [0, 0.1) is 0 Å². The Hall–Kier alpha value is -1.41. The second-order valence-corrected chi connectivity index (χ2v) is 7.73. The number of oxime groups is 1. The molecule has 2 rings (SSSR count). The lowest BCUT2D eigenvalue weighted by Crippen LogP contribution is -2.39. The first-order valence-corrected chi connectivity index (χ1v) is 8.91. The maximum Gasteiger partial charge on any atom is 0.305 e. The van der Waals surface area contributed by atoms with Crippen molar-refractivity contribution in [3.8, 4) is 0 Å². The summed E-state index contributed by atoms with van der Waals surface area (Å²) in [5, 5.41) is 11.3. The van der Waals surface area contributed by atoms with Crippen LogP contribution >= 0.6 is 0 Å². The molecule has 8 heteroatoms. The third-order valence-electron chi connectivity index (χ3n) is 3.92. The van der Waals surface area contributed by atoms with E-state index in [1.807, 2.05) is 13.2 Å². The monoisotopic (exact) mass is 316 g/mol. The van der Waals surface area contributed by atoms with E-state index in [2.05, 4.69) is 5.16 Å². The van der Waals surface area contributed by atoms with Gasteiger partial charge in [-0.1, -0.05) is 18.0 Å². The van der Waals surface area contributed by atoms with Gasteiger partial charge >= 0.3 is 5.82 Å². The van der Waals surface area contributed by atoms with Crippen LogP contribution in [0.2, 0.25) is 0 Å². The van der Waals surface area contributed by atoms with Crippen LogP contribution in [-0.4, -0.2) is 42.0 Å². The highest BCUT2D eigenvalue weighted by molar-refractivity contribution is 7.91. The minimum atomic E-state index is -3.10. The molecule has 0 bridgehead atoms. The standard InChI is InChI=1S/C13H21N3O4S/c1-15-7-8-16(13(15)9-14-17)10-20-11-5-3-4-6-12(11)21(2,18)19/h7-9,11-12H,3-6,10H2,1-2H3/p+1/t11?,12-/m1/s1. The van der Waals surface area contributed by atoms with Crippen LogP contribution in [0.5, 0.6) is 0 Å². The molecule has 0 saturated heterocycles.